The first-order valence-corrected chi connectivity index (χ1v) is 19.0. The van der Waals surface area contributed by atoms with Crippen LogP contribution in [0.25, 0.3) is 0 Å². The lowest BCUT2D eigenvalue weighted by Crippen LogP contribution is -2.53. The zero-order valence-corrected chi connectivity index (χ0v) is 32.8. The molecular formula is C41H34BrCl2N3O8. The number of hydrogen-bond donors (Lipinski definition) is 2. The van der Waals surface area contributed by atoms with Crippen LogP contribution in [-0.4, -0.2) is 55.1 Å². The molecule has 4 aliphatic rings. The van der Waals surface area contributed by atoms with Gasteiger partial charge in [0.1, 0.15) is 5.75 Å². The first-order valence-electron chi connectivity index (χ1n) is 17.5. The molecule has 2 aliphatic heterocycles. The smallest absolute Gasteiger partial charge is 0.260 e. The molecular weight excluding hydrogens is 813 g/mol. The zero-order valence-electron chi connectivity index (χ0n) is 29.7. The van der Waals surface area contributed by atoms with E-state index in [1.54, 1.807) is 72.8 Å². The molecule has 11 nitrogen and oxygen atoms in total. The molecule has 4 aromatic carbocycles. The summed E-state index contributed by atoms with van der Waals surface area (Å²) in [4.78, 5) is 60.5. The number of hydrazine groups is 1. The van der Waals surface area contributed by atoms with Gasteiger partial charge in [-0.2, -0.15) is 5.01 Å². The van der Waals surface area contributed by atoms with Crippen LogP contribution < -0.4 is 24.5 Å². The van der Waals surface area contributed by atoms with Crippen LogP contribution in [0.15, 0.2) is 95.0 Å². The Morgan fingerprint density at radius 3 is 2.11 bits per heavy atom. The van der Waals surface area contributed by atoms with Gasteiger partial charge in [0.25, 0.3) is 11.8 Å². The topological polar surface area (TPSA) is 135 Å². The van der Waals surface area contributed by atoms with E-state index in [4.69, 9.17) is 37.4 Å². The van der Waals surface area contributed by atoms with Gasteiger partial charge in [-0.05, 0) is 96.6 Å². The normalized spacial score (nSPS) is 25.6. The van der Waals surface area contributed by atoms with Crippen molar-refractivity contribution in [2.75, 3.05) is 31.7 Å². The SMILES string of the molecule is COc1ccc(C23C(=O)N(Nc4ccc(Cl)cc4Cl)C(=O)C2CC2C(=CCC4C(=O)N(c5ccc(Br)cc5)C(=O)C42)C3c2cc(OC)c(O)c(OC)c2)cc1. The number of amides is 4. The molecule has 1 saturated carbocycles. The number of hydrogen-bond acceptors (Lipinski definition) is 9. The maximum absolute atomic E-state index is 15.5. The predicted molar refractivity (Wildman–Crippen MR) is 208 cm³/mol. The molecule has 14 heteroatoms. The van der Waals surface area contributed by atoms with Crippen molar-refractivity contribution in [3.63, 3.8) is 0 Å². The Labute approximate surface area is 334 Å². The molecule has 0 aromatic heterocycles. The first-order chi connectivity index (χ1) is 26.4. The number of methoxy groups -OCH3 is 3. The van der Waals surface area contributed by atoms with Crippen molar-refractivity contribution < 1.29 is 38.5 Å². The number of imide groups is 2. The monoisotopic (exact) mass is 845 g/mol. The molecule has 6 unspecified atom stereocenters. The van der Waals surface area contributed by atoms with Gasteiger partial charge in [-0.15, -0.1) is 0 Å². The van der Waals surface area contributed by atoms with Crippen LogP contribution in [0.4, 0.5) is 11.4 Å². The van der Waals surface area contributed by atoms with E-state index >= 15 is 9.59 Å². The number of halogens is 3. The number of anilines is 2. The fourth-order valence-corrected chi connectivity index (χ4v) is 9.86. The highest BCUT2D eigenvalue weighted by Crippen LogP contribution is 2.65. The summed E-state index contributed by atoms with van der Waals surface area (Å²) in [6, 6.07) is 21.9. The third kappa shape index (κ3) is 5.59. The number of carbonyl (C=O) groups excluding carboxylic acids is 4. The van der Waals surface area contributed by atoms with Crippen molar-refractivity contribution in [1.29, 1.82) is 0 Å². The molecule has 4 aromatic rings. The summed E-state index contributed by atoms with van der Waals surface area (Å²) in [5.41, 5.74) is 3.83. The molecule has 2 saturated heterocycles. The maximum atomic E-state index is 15.5. The molecule has 3 fully saturated rings. The number of phenols is 1. The molecule has 2 N–H and O–H groups in total. The standard InChI is InChI=1S/C41H34BrCl2N3O8/c1-53-25-11-4-21(5-12-25)41-29(38(50)47(40(41)52)45-31-15-8-23(43)18-30(31)44)19-28-26(35(41)20-16-32(54-2)36(48)33(17-20)55-3)13-14-27-34(28)39(51)46(37(27)49)24-9-6-22(42)7-10-24/h4-13,15-18,27-29,34-35,45,48H,14,19H2,1-3H3. The van der Waals surface area contributed by atoms with Gasteiger partial charge in [0.15, 0.2) is 11.5 Å². The third-order valence-electron chi connectivity index (χ3n) is 11.5. The van der Waals surface area contributed by atoms with E-state index < -0.39 is 46.8 Å². The second-order valence-electron chi connectivity index (χ2n) is 14.0. The van der Waals surface area contributed by atoms with E-state index in [9.17, 15) is 14.7 Å². The summed E-state index contributed by atoms with van der Waals surface area (Å²) >= 11 is 16.2. The second kappa shape index (κ2) is 13.9. The van der Waals surface area contributed by atoms with Crippen molar-refractivity contribution in [2.24, 2.45) is 23.7 Å². The van der Waals surface area contributed by atoms with Crippen molar-refractivity contribution in [2.45, 2.75) is 24.2 Å². The molecule has 2 heterocycles. The lowest BCUT2D eigenvalue weighted by atomic mass is 9.49. The highest BCUT2D eigenvalue weighted by atomic mass is 79.9. The fourth-order valence-electron chi connectivity index (χ4n) is 9.14. The van der Waals surface area contributed by atoms with Crippen LogP contribution in [0.1, 0.15) is 29.9 Å². The van der Waals surface area contributed by atoms with Crippen molar-refractivity contribution >= 4 is 74.1 Å². The molecule has 0 bridgehead atoms. The van der Waals surface area contributed by atoms with Gasteiger partial charge in [0.05, 0.1) is 60.9 Å². The number of allylic oxidation sites excluding steroid dienone is 2. The minimum Gasteiger partial charge on any atom is -0.502 e. The quantitative estimate of drug-likeness (QED) is 0.135. The molecule has 0 spiro atoms. The van der Waals surface area contributed by atoms with E-state index in [-0.39, 0.29) is 52.6 Å². The zero-order chi connectivity index (χ0) is 38.9. The van der Waals surface area contributed by atoms with Crippen LogP contribution in [0, 0.1) is 23.7 Å². The molecule has 282 valence electrons. The van der Waals surface area contributed by atoms with Gasteiger partial charge in [-0.3, -0.25) is 29.5 Å². The number of fused-ring (bicyclic) bond motifs is 4. The highest BCUT2D eigenvalue weighted by Gasteiger charge is 2.70. The van der Waals surface area contributed by atoms with Crippen LogP contribution in [0.3, 0.4) is 0 Å². The molecule has 6 atom stereocenters. The van der Waals surface area contributed by atoms with E-state index in [2.05, 4.69) is 21.4 Å². The largest absolute Gasteiger partial charge is 0.502 e. The summed E-state index contributed by atoms with van der Waals surface area (Å²) in [5, 5.41) is 12.6. The van der Waals surface area contributed by atoms with Gasteiger partial charge in [-0.1, -0.05) is 62.9 Å². The summed E-state index contributed by atoms with van der Waals surface area (Å²) in [6.45, 7) is 0. The molecule has 8 rings (SSSR count). The molecule has 0 radical (unpaired) electrons. The summed E-state index contributed by atoms with van der Waals surface area (Å²) in [7, 11) is 4.34. The average molecular weight is 848 g/mol. The number of benzene rings is 4. The Balaban J connectivity index is 1.36. The van der Waals surface area contributed by atoms with Crippen LogP contribution in [-0.2, 0) is 24.6 Å². The number of carbonyl (C=O) groups is 4. The Bertz CT molecular complexity index is 2280. The first kappa shape index (κ1) is 36.9. The Morgan fingerprint density at radius 1 is 0.818 bits per heavy atom. The number of nitrogens with one attached hydrogen (secondary N) is 1. The Morgan fingerprint density at radius 2 is 1.49 bits per heavy atom. The minimum atomic E-state index is -1.62. The van der Waals surface area contributed by atoms with Crippen molar-refractivity contribution in [3.05, 3.63) is 116 Å². The third-order valence-corrected chi connectivity index (χ3v) is 12.6. The number of nitrogens with zero attached hydrogens (tertiary/aromatic N) is 2. The average Bonchev–Trinajstić information content (AvgIpc) is 3.57. The predicted octanol–water partition coefficient (Wildman–Crippen LogP) is 7.68. The number of rotatable bonds is 8. The maximum Gasteiger partial charge on any atom is 0.260 e. The van der Waals surface area contributed by atoms with Gasteiger partial charge < -0.3 is 19.3 Å². The van der Waals surface area contributed by atoms with E-state index in [1.807, 2.05) is 6.08 Å². The van der Waals surface area contributed by atoms with Gasteiger partial charge >= 0.3 is 0 Å². The van der Waals surface area contributed by atoms with Gasteiger partial charge in [0, 0.05) is 15.4 Å². The lowest BCUT2D eigenvalue weighted by molar-refractivity contribution is -0.138. The van der Waals surface area contributed by atoms with E-state index in [0.29, 0.717) is 27.6 Å². The van der Waals surface area contributed by atoms with Crippen molar-refractivity contribution in [3.8, 4) is 23.0 Å². The number of aromatic hydroxyl groups is 1. The van der Waals surface area contributed by atoms with Crippen LogP contribution >= 0.6 is 39.1 Å². The minimum absolute atomic E-state index is 0.0756. The summed E-state index contributed by atoms with van der Waals surface area (Å²) < 4.78 is 17.5. The molecule has 4 amide bonds. The van der Waals surface area contributed by atoms with Crippen molar-refractivity contribution in [1.82, 2.24) is 5.01 Å². The summed E-state index contributed by atoms with van der Waals surface area (Å²) in [5.74, 6) is -5.43. The van der Waals surface area contributed by atoms with Crippen LogP contribution in [0.2, 0.25) is 10.0 Å². The van der Waals surface area contributed by atoms with E-state index in [0.717, 1.165) is 15.1 Å². The second-order valence-corrected chi connectivity index (χ2v) is 15.7. The molecule has 55 heavy (non-hydrogen) atoms. The highest BCUT2D eigenvalue weighted by molar-refractivity contribution is 9.10. The Kier molecular flexibility index (Phi) is 9.34. The number of ether oxygens (including phenoxy) is 3. The van der Waals surface area contributed by atoms with Gasteiger partial charge in [-0.25, -0.2) is 0 Å². The molecule has 2 aliphatic carbocycles. The number of phenolic OH excluding ortho intramolecular Hbond substituents is 1. The van der Waals surface area contributed by atoms with Crippen LogP contribution in [0.5, 0.6) is 23.0 Å². The fraction of sp³-hybridized carbons (Fsp3) is 0.268. The summed E-state index contributed by atoms with van der Waals surface area (Å²) in [6.07, 6.45) is 2.25. The Hall–Kier alpha value is -5.04. The van der Waals surface area contributed by atoms with E-state index in [1.165, 1.54) is 32.3 Å². The van der Waals surface area contributed by atoms with Gasteiger partial charge in [0.2, 0.25) is 17.6 Å². The lowest BCUT2D eigenvalue weighted by Gasteiger charge is -2.50.